The summed E-state index contributed by atoms with van der Waals surface area (Å²) in [6.45, 7) is 1.60. The van der Waals surface area contributed by atoms with E-state index in [1.807, 2.05) is 6.07 Å². The fraction of sp³-hybridized carbons (Fsp3) is 0.105. The molecule has 0 aliphatic carbocycles. The van der Waals surface area contributed by atoms with Crippen LogP contribution in [0.5, 0.6) is 17.5 Å². The van der Waals surface area contributed by atoms with Crippen LogP contribution in [0, 0.1) is 6.92 Å². The van der Waals surface area contributed by atoms with Crippen molar-refractivity contribution in [2.24, 2.45) is 0 Å². The number of fused-ring (bicyclic) bond motifs is 1. The third-order valence-corrected chi connectivity index (χ3v) is 3.90. The van der Waals surface area contributed by atoms with E-state index in [1.165, 1.54) is 16.6 Å². The van der Waals surface area contributed by atoms with Crippen LogP contribution in [-0.4, -0.2) is 26.9 Å². The molecule has 11 heteroatoms. The van der Waals surface area contributed by atoms with Crippen molar-refractivity contribution in [3.63, 3.8) is 0 Å². The lowest BCUT2D eigenvalue weighted by Gasteiger charge is -2.09. The first-order chi connectivity index (χ1) is 14.3. The number of alkyl halides is 3. The predicted molar refractivity (Wildman–Crippen MR) is 97.6 cm³/mol. The largest absolute Gasteiger partial charge is 0.573 e. The zero-order valence-corrected chi connectivity index (χ0v) is 15.3. The van der Waals surface area contributed by atoms with Crippen molar-refractivity contribution in [3.05, 3.63) is 66.1 Å². The number of aromatic nitrogens is 3. The summed E-state index contributed by atoms with van der Waals surface area (Å²) in [6.07, 6.45) is -4.79. The van der Waals surface area contributed by atoms with Crippen molar-refractivity contribution in [1.82, 2.24) is 14.6 Å². The Labute approximate surface area is 166 Å². The number of nitrogens with one attached hydrogen (secondary N) is 1. The van der Waals surface area contributed by atoms with Crippen LogP contribution >= 0.6 is 0 Å². The number of benzene rings is 2. The molecule has 8 nitrogen and oxygen atoms in total. The molecule has 0 fully saturated rings. The van der Waals surface area contributed by atoms with Crippen molar-refractivity contribution in [2.75, 3.05) is 5.32 Å². The monoisotopic (exact) mass is 418 g/mol. The second-order valence-corrected chi connectivity index (χ2v) is 6.05. The van der Waals surface area contributed by atoms with Gasteiger partial charge in [0.2, 0.25) is 5.76 Å². The number of ether oxygens (including phenoxy) is 2. The topological polar surface area (TPSA) is 90.9 Å². The normalized spacial score (nSPS) is 11.5. The van der Waals surface area contributed by atoms with Crippen LogP contribution in [0.15, 0.2) is 59.0 Å². The van der Waals surface area contributed by atoms with Gasteiger partial charge in [0.1, 0.15) is 11.5 Å². The number of para-hydroxylation sites is 1. The Morgan fingerprint density at radius 1 is 1.07 bits per heavy atom. The van der Waals surface area contributed by atoms with Crippen LogP contribution in [0.4, 0.5) is 18.9 Å². The highest BCUT2D eigenvalue weighted by Crippen LogP contribution is 2.25. The summed E-state index contributed by atoms with van der Waals surface area (Å²) in [4.78, 5) is 16.6. The van der Waals surface area contributed by atoms with Crippen molar-refractivity contribution >= 4 is 17.4 Å². The van der Waals surface area contributed by atoms with Gasteiger partial charge >= 0.3 is 18.2 Å². The molecule has 0 spiro atoms. The van der Waals surface area contributed by atoms with Crippen molar-refractivity contribution in [1.29, 1.82) is 0 Å². The molecule has 0 saturated carbocycles. The fourth-order valence-electron chi connectivity index (χ4n) is 2.60. The maximum Gasteiger partial charge on any atom is 0.573 e. The molecule has 0 aliphatic heterocycles. The first kappa shape index (κ1) is 19.3. The molecule has 2 aromatic carbocycles. The Morgan fingerprint density at radius 2 is 1.77 bits per heavy atom. The standard InChI is InChI=1S/C19H13F3N4O4/c1-11-15(16(27)23-12-7-9-14(10-8-12)30-19(20,21)22)29-18-24-17(25-26(11)18)28-13-5-3-2-4-6-13/h2-10H,1H3,(H,23,27). The molecule has 1 N–H and O–H groups in total. The zero-order chi connectivity index (χ0) is 21.3. The number of hydrogen-bond donors (Lipinski definition) is 1. The number of hydrogen-bond acceptors (Lipinski definition) is 6. The van der Waals surface area contributed by atoms with Gasteiger partial charge in [-0.1, -0.05) is 18.2 Å². The predicted octanol–water partition coefficient (Wildman–Crippen LogP) is 4.57. The third kappa shape index (κ3) is 4.19. The van der Waals surface area contributed by atoms with Gasteiger partial charge in [-0.2, -0.15) is 4.52 Å². The number of anilines is 1. The molecular weight excluding hydrogens is 405 g/mol. The van der Waals surface area contributed by atoms with Crippen molar-refractivity contribution in [2.45, 2.75) is 13.3 Å². The third-order valence-electron chi connectivity index (χ3n) is 3.90. The highest BCUT2D eigenvalue weighted by Gasteiger charge is 2.31. The van der Waals surface area contributed by atoms with Crippen LogP contribution in [-0.2, 0) is 0 Å². The van der Waals surface area contributed by atoms with Gasteiger partial charge in [-0.3, -0.25) is 4.79 Å². The summed E-state index contributed by atoms with van der Waals surface area (Å²) in [5.74, 6) is -0.471. The van der Waals surface area contributed by atoms with Crippen LogP contribution in [0.2, 0.25) is 0 Å². The summed E-state index contributed by atoms with van der Waals surface area (Å²) in [6, 6.07) is 13.7. The van der Waals surface area contributed by atoms with E-state index in [4.69, 9.17) is 9.15 Å². The van der Waals surface area contributed by atoms with Gasteiger partial charge in [0.05, 0.1) is 5.69 Å². The summed E-state index contributed by atoms with van der Waals surface area (Å²) >= 11 is 0. The summed E-state index contributed by atoms with van der Waals surface area (Å²) in [7, 11) is 0. The van der Waals surface area contributed by atoms with E-state index in [1.54, 1.807) is 31.2 Å². The number of halogens is 3. The van der Waals surface area contributed by atoms with E-state index >= 15 is 0 Å². The molecular formula is C19H13F3N4O4. The lowest BCUT2D eigenvalue weighted by atomic mass is 10.3. The SMILES string of the molecule is Cc1c(C(=O)Nc2ccc(OC(F)(F)F)cc2)oc2nc(Oc3ccccc3)nn12. The van der Waals surface area contributed by atoms with Gasteiger partial charge in [-0.25, -0.2) is 0 Å². The number of carbonyl (C=O) groups is 1. The lowest BCUT2D eigenvalue weighted by molar-refractivity contribution is -0.274. The van der Waals surface area contributed by atoms with Crippen LogP contribution in [0.25, 0.3) is 5.84 Å². The highest BCUT2D eigenvalue weighted by atomic mass is 19.4. The molecule has 0 saturated heterocycles. The summed E-state index contributed by atoms with van der Waals surface area (Å²) in [5, 5.41) is 6.67. The first-order valence-electron chi connectivity index (χ1n) is 8.55. The average molecular weight is 418 g/mol. The zero-order valence-electron chi connectivity index (χ0n) is 15.3. The maximum absolute atomic E-state index is 12.5. The molecule has 4 rings (SSSR count). The second kappa shape index (κ2) is 7.43. The minimum absolute atomic E-state index is 0.0492. The van der Waals surface area contributed by atoms with E-state index in [2.05, 4.69) is 20.1 Å². The van der Waals surface area contributed by atoms with E-state index in [0.717, 1.165) is 12.1 Å². The minimum Gasteiger partial charge on any atom is -0.423 e. The molecule has 0 radical (unpaired) electrons. The lowest BCUT2D eigenvalue weighted by Crippen LogP contribution is -2.17. The fourth-order valence-corrected chi connectivity index (χ4v) is 2.60. The molecule has 0 aliphatic rings. The van der Waals surface area contributed by atoms with Crippen LogP contribution in [0.3, 0.4) is 0 Å². The number of amides is 1. The molecule has 30 heavy (non-hydrogen) atoms. The van der Waals surface area contributed by atoms with E-state index < -0.39 is 18.0 Å². The van der Waals surface area contributed by atoms with E-state index in [0.29, 0.717) is 11.4 Å². The van der Waals surface area contributed by atoms with Gasteiger partial charge in [0.25, 0.3) is 5.91 Å². The molecule has 0 bridgehead atoms. The van der Waals surface area contributed by atoms with E-state index in [-0.39, 0.29) is 23.3 Å². The van der Waals surface area contributed by atoms with Gasteiger partial charge < -0.3 is 19.2 Å². The smallest absolute Gasteiger partial charge is 0.423 e. The Kier molecular flexibility index (Phi) is 4.78. The number of rotatable bonds is 5. The second-order valence-electron chi connectivity index (χ2n) is 6.05. The number of nitrogens with zero attached hydrogens (tertiary/aromatic N) is 3. The number of carbonyl (C=O) groups excluding carboxylic acids is 1. The molecule has 2 heterocycles. The number of oxazole rings is 1. The van der Waals surface area contributed by atoms with Gasteiger partial charge in [-0.05, 0) is 43.3 Å². The summed E-state index contributed by atoms with van der Waals surface area (Å²) in [5.41, 5.74) is 0.624. The minimum atomic E-state index is -4.79. The number of aryl methyl sites for hydroxylation is 1. The van der Waals surface area contributed by atoms with Crippen molar-refractivity contribution < 1.29 is 31.9 Å². The molecule has 2 aromatic heterocycles. The molecule has 0 atom stereocenters. The first-order valence-corrected chi connectivity index (χ1v) is 8.55. The van der Waals surface area contributed by atoms with Crippen LogP contribution < -0.4 is 14.8 Å². The average Bonchev–Trinajstić information content (AvgIpc) is 3.22. The Bertz CT molecular complexity index is 1180. The van der Waals surface area contributed by atoms with Gasteiger partial charge in [-0.15, -0.1) is 23.3 Å². The molecule has 154 valence electrons. The maximum atomic E-state index is 12.5. The molecule has 4 aromatic rings. The van der Waals surface area contributed by atoms with Gasteiger partial charge in [0, 0.05) is 5.69 Å². The Hall–Kier alpha value is -4.02. The van der Waals surface area contributed by atoms with Gasteiger partial charge in [0.15, 0.2) is 0 Å². The Morgan fingerprint density at radius 3 is 2.40 bits per heavy atom. The van der Waals surface area contributed by atoms with Crippen LogP contribution in [0.1, 0.15) is 16.2 Å². The quantitative estimate of drug-likeness (QED) is 0.510. The van der Waals surface area contributed by atoms with Crippen molar-refractivity contribution in [3.8, 4) is 17.5 Å². The Balaban J connectivity index is 1.48. The molecule has 1 amide bonds. The molecule has 0 unspecified atom stereocenters. The summed E-state index contributed by atoms with van der Waals surface area (Å²) < 4.78 is 52.7. The highest BCUT2D eigenvalue weighted by molar-refractivity contribution is 6.03. The van der Waals surface area contributed by atoms with E-state index in [9.17, 15) is 18.0 Å².